The molecule has 16 heavy (non-hydrogen) atoms. The lowest BCUT2D eigenvalue weighted by Crippen LogP contribution is -1.88. The third-order valence-corrected chi connectivity index (χ3v) is 6.26. The Labute approximate surface area is 114 Å². The predicted octanol–water partition coefficient (Wildman–Crippen LogP) is 5.13. The largest absolute Gasteiger partial charge is 0.192 e. The third-order valence-electron chi connectivity index (χ3n) is 2.11. The highest BCUT2D eigenvalue weighted by Gasteiger charge is 1.96. The van der Waals surface area contributed by atoms with E-state index in [1.807, 2.05) is 0 Å². The second-order valence-electron chi connectivity index (χ2n) is 4.11. The van der Waals surface area contributed by atoms with Gasteiger partial charge in [0.25, 0.3) is 0 Å². The van der Waals surface area contributed by atoms with E-state index >= 15 is 0 Å². The Morgan fingerprint density at radius 1 is 1.31 bits per heavy atom. The van der Waals surface area contributed by atoms with Crippen LogP contribution in [-0.2, 0) is 0 Å². The fourth-order valence-electron chi connectivity index (χ4n) is 1.33. The normalized spacial score (nSPS) is 14.2. The van der Waals surface area contributed by atoms with Crippen LogP contribution in [0.4, 0.5) is 0 Å². The molecule has 0 saturated heterocycles. The molecule has 0 bridgehead atoms. The van der Waals surface area contributed by atoms with Gasteiger partial charge < -0.3 is 0 Å². The van der Waals surface area contributed by atoms with Gasteiger partial charge in [-0.25, -0.2) is 0 Å². The van der Waals surface area contributed by atoms with E-state index in [0.717, 1.165) is 0 Å². The summed E-state index contributed by atoms with van der Waals surface area (Å²) in [6.07, 6.45) is 10.5. The third kappa shape index (κ3) is 7.55. The predicted molar refractivity (Wildman–Crippen MR) is 92.6 cm³/mol. The molecule has 0 saturated carbocycles. The fraction of sp³-hybridized carbons (Fsp3) is 0.571. The Morgan fingerprint density at radius 2 is 1.94 bits per heavy atom. The first kappa shape index (κ1) is 16.3. The lowest BCUT2D eigenvalue weighted by Gasteiger charge is -2.03. The Balaban J connectivity index is 4.86. The van der Waals surface area contributed by atoms with Gasteiger partial charge in [0.15, 0.2) is 0 Å². The summed E-state index contributed by atoms with van der Waals surface area (Å²) in [6, 6.07) is 0. The number of allylic oxidation sites excluding steroid dienone is 3. The number of hydrogen-bond donors (Lipinski definition) is 0. The summed E-state index contributed by atoms with van der Waals surface area (Å²) in [6.45, 7) is 10.8. The molecule has 0 aliphatic carbocycles. The Morgan fingerprint density at radius 3 is 2.38 bits per heavy atom. The average molecular weight is 352 g/mol. The zero-order valence-corrected chi connectivity index (χ0v) is 14.2. The Kier molecular flexibility index (Phi) is 9.52. The zero-order valence-electron chi connectivity index (χ0n) is 11.3. The van der Waals surface area contributed by atoms with Crippen LogP contribution in [0.25, 0.3) is 0 Å². The fourth-order valence-corrected chi connectivity index (χ4v) is 4.82. The highest BCUT2D eigenvalue weighted by Crippen LogP contribution is 2.23. The minimum absolute atomic E-state index is 0.0628. The van der Waals surface area contributed by atoms with E-state index in [2.05, 4.69) is 51.3 Å². The average Bonchev–Trinajstić information content (AvgIpc) is 2.21. The molecule has 0 fully saturated rings. The molecule has 0 aromatic rings. The molecule has 2 heteroatoms. The summed E-state index contributed by atoms with van der Waals surface area (Å²) >= 11 is 0.0628. The molecule has 0 aliphatic rings. The molecule has 0 nitrogen and oxygen atoms in total. The lowest BCUT2D eigenvalue weighted by molar-refractivity contribution is 0.839. The van der Waals surface area contributed by atoms with Crippen molar-refractivity contribution in [2.75, 3.05) is 12.5 Å². The van der Waals surface area contributed by atoms with Crippen LogP contribution >= 0.6 is 31.2 Å². The molecular formula is C14H25IS. The number of hydrogen-bond acceptors (Lipinski definition) is 0. The van der Waals surface area contributed by atoms with Crippen LogP contribution in [0.3, 0.4) is 0 Å². The summed E-state index contributed by atoms with van der Waals surface area (Å²) < 4.78 is 3.20. The summed E-state index contributed by atoms with van der Waals surface area (Å²) in [5, 5.41) is 2.38. The van der Waals surface area contributed by atoms with Gasteiger partial charge in [-0.15, -0.1) is 0 Å². The SMILES string of the molecule is C=C/C(I=C(C)CCCC)=C(/C)C=S(C)C. The highest BCUT2D eigenvalue weighted by atomic mass is 127. The molecule has 0 aromatic carbocycles. The maximum atomic E-state index is 3.96. The second kappa shape index (κ2) is 9.34. The van der Waals surface area contributed by atoms with Gasteiger partial charge in [-0.1, -0.05) is 46.7 Å². The molecule has 0 unspecified atom stereocenters. The lowest BCUT2D eigenvalue weighted by atomic mass is 10.2. The maximum Gasteiger partial charge on any atom is 0.0105 e. The minimum Gasteiger partial charge on any atom is -0.192 e. The van der Waals surface area contributed by atoms with Crippen molar-refractivity contribution in [2.24, 2.45) is 0 Å². The van der Waals surface area contributed by atoms with Gasteiger partial charge >= 0.3 is 0 Å². The van der Waals surface area contributed by atoms with Crippen LogP contribution < -0.4 is 0 Å². The van der Waals surface area contributed by atoms with Gasteiger partial charge in [0.05, 0.1) is 0 Å². The van der Waals surface area contributed by atoms with E-state index in [1.165, 1.54) is 28.4 Å². The van der Waals surface area contributed by atoms with Crippen LogP contribution in [-0.4, -0.2) is 21.4 Å². The van der Waals surface area contributed by atoms with Crippen molar-refractivity contribution in [3.05, 3.63) is 21.8 Å². The summed E-state index contributed by atoms with van der Waals surface area (Å²) in [7, 11) is 0.390. The molecule has 0 aliphatic heterocycles. The van der Waals surface area contributed by atoms with Crippen molar-refractivity contribution in [1.82, 2.24) is 0 Å². The molecule has 0 N–H and O–H groups in total. The van der Waals surface area contributed by atoms with Crippen molar-refractivity contribution in [2.45, 2.75) is 40.0 Å². The molecule has 0 aromatic heterocycles. The van der Waals surface area contributed by atoms with E-state index in [-0.39, 0.29) is 20.7 Å². The van der Waals surface area contributed by atoms with Crippen LogP contribution in [0.5, 0.6) is 0 Å². The van der Waals surface area contributed by atoms with Gasteiger partial charge in [0, 0.05) is 3.58 Å². The molecule has 0 radical (unpaired) electrons. The highest BCUT2D eigenvalue weighted by molar-refractivity contribution is 14.2. The molecular weight excluding hydrogens is 327 g/mol. The topological polar surface area (TPSA) is 0 Å². The number of halogens is 1. The van der Waals surface area contributed by atoms with Crippen molar-refractivity contribution in [1.29, 1.82) is 0 Å². The molecule has 0 amide bonds. The summed E-state index contributed by atoms with van der Waals surface area (Å²) in [4.78, 5) is 0. The van der Waals surface area contributed by atoms with Crippen molar-refractivity contribution in [3.8, 4) is 0 Å². The van der Waals surface area contributed by atoms with Crippen LogP contribution in [0.15, 0.2) is 21.8 Å². The first-order valence-corrected chi connectivity index (χ1v) is 9.99. The van der Waals surface area contributed by atoms with Gasteiger partial charge in [-0.05, 0) is 53.7 Å². The van der Waals surface area contributed by atoms with Gasteiger partial charge in [0.1, 0.15) is 0 Å². The van der Waals surface area contributed by atoms with Gasteiger partial charge in [0.2, 0.25) is 0 Å². The van der Waals surface area contributed by atoms with Crippen LogP contribution in [0, 0.1) is 0 Å². The van der Waals surface area contributed by atoms with E-state index in [4.69, 9.17) is 0 Å². The van der Waals surface area contributed by atoms with Crippen LogP contribution in [0.2, 0.25) is 0 Å². The number of unbranched alkanes of at least 4 members (excludes halogenated alkanes) is 1. The summed E-state index contributed by atoms with van der Waals surface area (Å²) in [5.74, 6) is 0. The second-order valence-corrected chi connectivity index (χ2v) is 9.64. The first-order valence-electron chi connectivity index (χ1n) is 5.73. The van der Waals surface area contributed by atoms with Crippen molar-refractivity contribution in [3.63, 3.8) is 0 Å². The zero-order chi connectivity index (χ0) is 12.6. The van der Waals surface area contributed by atoms with Crippen LogP contribution in [0.1, 0.15) is 40.0 Å². The quantitative estimate of drug-likeness (QED) is 0.269. The smallest absolute Gasteiger partial charge is 0.0105 e. The van der Waals surface area contributed by atoms with Crippen molar-refractivity contribution < 1.29 is 0 Å². The van der Waals surface area contributed by atoms with Crippen molar-refractivity contribution >= 4 is 40.1 Å². The van der Waals surface area contributed by atoms with E-state index in [0.29, 0.717) is 10.5 Å². The first-order chi connectivity index (χ1) is 7.51. The molecule has 0 spiro atoms. The summed E-state index contributed by atoms with van der Waals surface area (Å²) in [5.41, 5.74) is 1.45. The van der Waals surface area contributed by atoms with Gasteiger partial charge in [-0.3, -0.25) is 0 Å². The minimum atomic E-state index is 0.0628. The van der Waals surface area contributed by atoms with E-state index < -0.39 is 0 Å². The monoisotopic (exact) mass is 352 g/mol. The Hall–Kier alpha value is 0.300. The van der Waals surface area contributed by atoms with Gasteiger partial charge in [-0.2, -0.15) is 10.5 Å². The maximum absolute atomic E-state index is 3.96. The molecule has 0 heterocycles. The number of rotatable bonds is 6. The van der Waals surface area contributed by atoms with E-state index in [9.17, 15) is 0 Å². The standard InChI is InChI=1S/C14H25IS/c1-7-9-10-13(4)15-14(8-2)12(3)11-16(5)6/h8,11H,2,7,9-10H2,1,3-6H3/b14-12+. The molecule has 0 atom stereocenters. The molecule has 0 rings (SSSR count). The Bertz CT molecular complexity index is 318. The molecule has 94 valence electrons. The van der Waals surface area contributed by atoms with E-state index in [1.54, 1.807) is 3.51 Å².